The zero-order valence-electron chi connectivity index (χ0n) is 11.9. The van der Waals surface area contributed by atoms with Gasteiger partial charge < -0.3 is 16.2 Å². The highest BCUT2D eigenvalue weighted by Gasteiger charge is 2.23. The summed E-state index contributed by atoms with van der Waals surface area (Å²) in [5.41, 5.74) is 8.26. The highest BCUT2D eigenvalue weighted by Crippen LogP contribution is 2.24. The molecule has 0 aromatic heterocycles. The third kappa shape index (κ3) is 5.28. The summed E-state index contributed by atoms with van der Waals surface area (Å²) in [5, 5.41) is 6.84. The maximum atomic E-state index is 13.4. The van der Waals surface area contributed by atoms with Gasteiger partial charge >= 0.3 is 6.98 Å². The van der Waals surface area contributed by atoms with Crippen LogP contribution in [0.4, 0.5) is 10.1 Å². The summed E-state index contributed by atoms with van der Waals surface area (Å²) < 4.78 is 12.4. The fourth-order valence-corrected chi connectivity index (χ4v) is 2.26. The Balaban J connectivity index is 3.08. The van der Waals surface area contributed by atoms with E-state index in [0.717, 1.165) is 5.46 Å². The molecule has 6 heteroatoms. The fourth-order valence-electron chi connectivity index (χ4n) is 1.87. The molecular weight excluding hydrogens is 355 g/mol. The van der Waals surface area contributed by atoms with Crippen LogP contribution < -0.4 is 21.7 Å². The van der Waals surface area contributed by atoms with Crippen LogP contribution in [0.3, 0.4) is 0 Å². The SMILES string of the molecule is CC(C)NB(NC(C)C)c1cc(C(F)I)ccc1N. The number of nitrogens with two attached hydrogens (primary N) is 1. The second kappa shape index (κ2) is 7.45. The second-order valence-corrected chi connectivity index (χ2v) is 6.36. The Kier molecular flexibility index (Phi) is 6.55. The molecule has 1 unspecified atom stereocenters. The van der Waals surface area contributed by atoms with Gasteiger partial charge in [-0.1, -0.05) is 39.8 Å². The molecule has 0 saturated carbocycles. The summed E-state index contributed by atoms with van der Waals surface area (Å²) in [5.74, 6) is 0. The predicted octanol–water partition coefficient (Wildman–Crippen LogP) is 2.36. The predicted molar refractivity (Wildman–Crippen MR) is 90.7 cm³/mol. The summed E-state index contributed by atoms with van der Waals surface area (Å²) in [6.07, 6.45) is 0. The van der Waals surface area contributed by atoms with Gasteiger partial charge in [0.1, 0.15) is 0 Å². The van der Waals surface area contributed by atoms with Crippen LogP contribution in [0.2, 0.25) is 0 Å². The van der Waals surface area contributed by atoms with E-state index >= 15 is 0 Å². The van der Waals surface area contributed by atoms with Crippen molar-refractivity contribution in [1.82, 2.24) is 10.5 Å². The molecule has 0 fully saturated rings. The third-order valence-electron chi connectivity index (χ3n) is 2.67. The van der Waals surface area contributed by atoms with Gasteiger partial charge in [0.2, 0.25) is 0 Å². The van der Waals surface area contributed by atoms with Gasteiger partial charge in [0, 0.05) is 5.69 Å². The molecule has 0 aliphatic heterocycles. The lowest BCUT2D eigenvalue weighted by molar-refractivity contribution is 0.491. The van der Waals surface area contributed by atoms with E-state index in [1.165, 1.54) is 0 Å². The van der Waals surface area contributed by atoms with Crippen LogP contribution >= 0.6 is 22.6 Å². The number of alkyl halides is 2. The van der Waals surface area contributed by atoms with Crippen LogP contribution in [-0.2, 0) is 0 Å². The molecule has 0 spiro atoms. The Bertz CT molecular complexity index is 403. The molecule has 0 radical (unpaired) electrons. The van der Waals surface area contributed by atoms with Crippen LogP contribution in [-0.4, -0.2) is 19.1 Å². The molecule has 106 valence electrons. The molecular formula is C13H22BFIN3. The Morgan fingerprint density at radius 3 is 2.11 bits per heavy atom. The normalized spacial score (nSPS) is 13.1. The van der Waals surface area contributed by atoms with Crippen molar-refractivity contribution in [2.24, 2.45) is 0 Å². The molecule has 1 aromatic rings. The van der Waals surface area contributed by atoms with Crippen molar-refractivity contribution in [3.8, 4) is 0 Å². The van der Waals surface area contributed by atoms with E-state index in [0.29, 0.717) is 23.3 Å². The van der Waals surface area contributed by atoms with Crippen LogP contribution in [0.1, 0.15) is 37.4 Å². The number of rotatable bonds is 6. The van der Waals surface area contributed by atoms with E-state index in [1.54, 1.807) is 34.7 Å². The van der Waals surface area contributed by atoms with Gasteiger partial charge in [-0.25, -0.2) is 4.39 Å². The number of anilines is 1. The molecule has 1 aromatic carbocycles. The van der Waals surface area contributed by atoms with Crippen LogP contribution in [0.25, 0.3) is 0 Å². The lowest BCUT2D eigenvalue weighted by Crippen LogP contribution is -2.60. The third-order valence-corrected chi connectivity index (χ3v) is 3.39. The topological polar surface area (TPSA) is 50.1 Å². The highest BCUT2D eigenvalue weighted by molar-refractivity contribution is 14.1. The van der Waals surface area contributed by atoms with Gasteiger partial charge in [-0.05, 0) is 51.8 Å². The van der Waals surface area contributed by atoms with E-state index in [9.17, 15) is 4.39 Å². The molecule has 19 heavy (non-hydrogen) atoms. The van der Waals surface area contributed by atoms with Crippen molar-refractivity contribution in [3.05, 3.63) is 23.8 Å². The van der Waals surface area contributed by atoms with E-state index < -0.39 is 4.18 Å². The number of benzene rings is 1. The minimum absolute atomic E-state index is 0.0740. The van der Waals surface area contributed by atoms with E-state index in [1.807, 2.05) is 6.07 Å². The first-order valence-corrected chi connectivity index (χ1v) is 7.75. The quantitative estimate of drug-likeness (QED) is 0.309. The molecule has 0 amide bonds. The first-order valence-electron chi connectivity index (χ1n) is 6.50. The first-order chi connectivity index (χ1) is 8.81. The average Bonchev–Trinajstić information content (AvgIpc) is 2.27. The number of halogens is 2. The number of hydrogen-bond donors (Lipinski definition) is 3. The number of nitrogen functional groups attached to an aromatic ring is 1. The standard InChI is InChI=1S/C13H22BFIN3/c1-8(2)18-14(19-9(3)4)11-7-10(13(15)16)5-6-12(11)17/h5-9,13,18-19H,17H2,1-4H3. The highest BCUT2D eigenvalue weighted by atomic mass is 127. The fraction of sp³-hybridized carbons (Fsp3) is 0.538. The maximum Gasteiger partial charge on any atom is 0.343 e. The molecule has 4 N–H and O–H groups in total. The summed E-state index contributed by atoms with van der Waals surface area (Å²) in [4.78, 5) is 0. The Morgan fingerprint density at radius 2 is 1.68 bits per heavy atom. The van der Waals surface area contributed by atoms with Gasteiger partial charge in [-0.3, -0.25) is 0 Å². The molecule has 0 heterocycles. The Morgan fingerprint density at radius 1 is 1.16 bits per heavy atom. The molecule has 1 atom stereocenters. The van der Waals surface area contributed by atoms with E-state index in [-0.39, 0.29) is 6.98 Å². The second-order valence-electron chi connectivity index (χ2n) is 5.26. The van der Waals surface area contributed by atoms with Crippen LogP contribution in [0.15, 0.2) is 18.2 Å². The smallest absolute Gasteiger partial charge is 0.343 e. The van der Waals surface area contributed by atoms with Crippen molar-refractivity contribution >= 4 is 40.7 Å². The van der Waals surface area contributed by atoms with Crippen LogP contribution in [0, 0.1) is 0 Å². The first kappa shape index (κ1) is 16.7. The van der Waals surface area contributed by atoms with E-state index in [2.05, 4.69) is 38.2 Å². The Labute approximate surface area is 129 Å². The number of nitrogens with one attached hydrogen (secondary N) is 2. The lowest BCUT2D eigenvalue weighted by Gasteiger charge is -2.23. The minimum atomic E-state index is -1.02. The van der Waals surface area contributed by atoms with Gasteiger partial charge in [0.25, 0.3) is 0 Å². The van der Waals surface area contributed by atoms with Crippen molar-refractivity contribution in [3.63, 3.8) is 0 Å². The molecule has 0 bridgehead atoms. The van der Waals surface area contributed by atoms with Crippen molar-refractivity contribution in [1.29, 1.82) is 0 Å². The largest absolute Gasteiger partial charge is 0.399 e. The van der Waals surface area contributed by atoms with Crippen molar-refractivity contribution in [2.75, 3.05) is 5.73 Å². The van der Waals surface area contributed by atoms with Crippen LogP contribution in [0.5, 0.6) is 0 Å². The summed E-state index contributed by atoms with van der Waals surface area (Å²) in [6.45, 7) is 8.22. The zero-order valence-corrected chi connectivity index (χ0v) is 14.0. The van der Waals surface area contributed by atoms with Crippen molar-refractivity contribution in [2.45, 2.75) is 44.0 Å². The molecule has 0 aliphatic carbocycles. The maximum absolute atomic E-state index is 13.4. The Hall–Kier alpha value is -0.335. The summed E-state index contributed by atoms with van der Waals surface area (Å²) >= 11 is 1.76. The average molecular weight is 377 g/mol. The van der Waals surface area contributed by atoms with Gasteiger partial charge in [0.15, 0.2) is 4.18 Å². The summed E-state index contributed by atoms with van der Waals surface area (Å²) in [7, 11) is 0. The molecule has 0 saturated heterocycles. The monoisotopic (exact) mass is 377 g/mol. The van der Waals surface area contributed by atoms with Gasteiger partial charge in [-0.2, -0.15) is 0 Å². The van der Waals surface area contributed by atoms with Gasteiger partial charge in [-0.15, -0.1) is 0 Å². The van der Waals surface area contributed by atoms with E-state index in [4.69, 9.17) is 5.73 Å². The summed E-state index contributed by atoms with van der Waals surface area (Å²) in [6, 6.07) is 5.95. The van der Waals surface area contributed by atoms with Gasteiger partial charge in [0.05, 0.1) is 0 Å². The molecule has 0 aliphatic rings. The zero-order chi connectivity index (χ0) is 14.6. The lowest BCUT2D eigenvalue weighted by atomic mass is 9.65. The molecule has 3 nitrogen and oxygen atoms in total. The molecule has 1 rings (SSSR count). The minimum Gasteiger partial charge on any atom is -0.399 e. The van der Waals surface area contributed by atoms with Crippen molar-refractivity contribution < 1.29 is 4.39 Å². The number of hydrogen-bond acceptors (Lipinski definition) is 3.